The lowest BCUT2D eigenvalue weighted by Crippen LogP contribution is -2.22. The molecule has 154 valence electrons. The Morgan fingerprint density at radius 3 is 2.83 bits per heavy atom. The van der Waals surface area contributed by atoms with Gasteiger partial charge in [-0.25, -0.2) is 4.79 Å². The number of benzene rings is 2. The number of esters is 1. The van der Waals surface area contributed by atoms with Crippen molar-refractivity contribution in [1.82, 2.24) is 4.98 Å². The molecule has 0 saturated carbocycles. The number of para-hydroxylation sites is 1. The first kappa shape index (κ1) is 19.8. The van der Waals surface area contributed by atoms with Crippen LogP contribution in [0.3, 0.4) is 0 Å². The summed E-state index contributed by atoms with van der Waals surface area (Å²) in [4.78, 5) is 18.3. The third kappa shape index (κ3) is 4.08. The van der Waals surface area contributed by atoms with Crippen LogP contribution >= 0.6 is 0 Å². The maximum Gasteiger partial charge on any atom is 0.340 e. The molecule has 0 radical (unpaired) electrons. The molecule has 1 aromatic heterocycles. The normalized spacial score (nSPS) is 14.9. The predicted molar refractivity (Wildman–Crippen MR) is 118 cm³/mol. The van der Waals surface area contributed by atoms with Crippen LogP contribution in [-0.4, -0.2) is 38.3 Å². The number of nitrogens with one attached hydrogen (secondary N) is 1. The third-order valence-corrected chi connectivity index (χ3v) is 5.46. The van der Waals surface area contributed by atoms with Crippen LogP contribution in [0.25, 0.3) is 0 Å². The van der Waals surface area contributed by atoms with E-state index in [0.717, 1.165) is 23.5 Å². The van der Waals surface area contributed by atoms with Crippen molar-refractivity contribution in [3.63, 3.8) is 0 Å². The summed E-state index contributed by atoms with van der Waals surface area (Å²) >= 11 is 0. The smallest absolute Gasteiger partial charge is 0.340 e. The second-order valence-corrected chi connectivity index (χ2v) is 7.24. The molecule has 4 rings (SSSR count). The van der Waals surface area contributed by atoms with Crippen molar-refractivity contribution in [2.75, 3.05) is 37.5 Å². The number of carbonyl (C=O) groups excluding carboxylic acids is 1. The lowest BCUT2D eigenvalue weighted by atomic mass is 9.92. The zero-order valence-corrected chi connectivity index (χ0v) is 17.2. The number of nitrogens with zero attached hydrogens (tertiary/aromatic N) is 2. The molecule has 1 atom stereocenters. The zero-order valence-electron chi connectivity index (χ0n) is 17.2. The summed E-state index contributed by atoms with van der Waals surface area (Å²) in [7, 11) is 3.43. The number of hydrogen-bond donors (Lipinski definition) is 1. The van der Waals surface area contributed by atoms with Gasteiger partial charge in [0.25, 0.3) is 0 Å². The van der Waals surface area contributed by atoms with E-state index in [1.807, 2.05) is 18.2 Å². The van der Waals surface area contributed by atoms with Crippen LogP contribution in [0, 0.1) is 0 Å². The molecule has 0 aliphatic carbocycles. The molecule has 0 bridgehead atoms. The summed E-state index contributed by atoms with van der Waals surface area (Å²) in [6, 6.07) is 18.3. The minimum absolute atomic E-state index is 0.274. The standard InChI is InChI=1S/C24H25N3O3/c1-27(18-6-4-3-5-7-18)19-8-9-20-17(11-13-30-23(20)14-19)15-26-22-16-25-12-10-21(22)24(28)29-2/h3-10,12,14,16-17,26H,11,13,15H2,1-2H3/t17-/m0/s1. The molecule has 0 saturated heterocycles. The number of rotatable bonds is 6. The summed E-state index contributed by atoms with van der Waals surface area (Å²) in [6.07, 6.45) is 4.15. The molecule has 0 fully saturated rings. The first-order chi connectivity index (χ1) is 14.7. The van der Waals surface area contributed by atoms with Gasteiger partial charge in [-0.2, -0.15) is 0 Å². The fourth-order valence-corrected chi connectivity index (χ4v) is 3.73. The van der Waals surface area contributed by atoms with E-state index in [1.54, 1.807) is 18.5 Å². The first-order valence-corrected chi connectivity index (χ1v) is 9.99. The average molecular weight is 403 g/mol. The Hall–Kier alpha value is -3.54. The summed E-state index contributed by atoms with van der Waals surface area (Å²) in [6.45, 7) is 1.34. The lowest BCUT2D eigenvalue weighted by Gasteiger charge is -2.28. The van der Waals surface area contributed by atoms with Crippen molar-refractivity contribution in [2.24, 2.45) is 0 Å². The van der Waals surface area contributed by atoms with E-state index in [9.17, 15) is 4.79 Å². The molecule has 2 aromatic carbocycles. The number of aromatic nitrogens is 1. The molecule has 1 aliphatic heterocycles. The van der Waals surface area contributed by atoms with E-state index in [1.165, 1.54) is 12.7 Å². The SMILES string of the molecule is COC(=O)c1ccncc1NC[C@@H]1CCOc2cc(N(C)c3ccccc3)ccc21. The number of methoxy groups -OCH3 is 1. The van der Waals surface area contributed by atoms with Crippen LogP contribution in [0.15, 0.2) is 67.0 Å². The number of fused-ring (bicyclic) bond motifs is 1. The highest BCUT2D eigenvalue weighted by Crippen LogP contribution is 2.37. The van der Waals surface area contributed by atoms with Gasteiger partial charge in [0.15, 0.2) is 0 Å². The van der Waals surface area contributed by atoms with E-state index in [2.05, 4.69) is 52.6 Å². The molecular weight excluding hydrogens is 378 g/mol. The van der Waals surface area contributed by atoms with Crippen molar-refractivity contribution in [2.45, 2.75) is 12.3 Å². The van der Waals surface area contributed by atoms with Gasteiger partial charge in [-0.1, -0.05) is 24.3 Å². The summed E-state index contributed by atoms with van der Waals surface area (Å²) in [5.41, 5.74) is 4.53. The number of hydrogen-bond acceptors (Lipinski definition) is 6. The summed E-state index contributed by atoms with van der Waals surface area (Å²) < 4.78 is 10.8. The Bertz CT molecular complexity index is 1020. The van der Waals surface area contributed by atoms with Gasteiger partial charge in [-0.3, -0.25) is 4.98 Å². The minimum Gasteiger partial charge on any atom is -0.493 e. The fraction of sp³-hybridized carbons (Fsp3) is 0.250. The molecule has 2 heterocycles. The minimum atomic E-state index is -0.374. The van der Waals surface area contributed by atoms with E-state index < -0.39 is 0 Å². The van der Waals surface area contributed by atoms with E-state index in [0.29, 0.717) is 24.4 Å². The Kier molecular flexibility index (Phi) is 5.84. The molecule has 0 amide bonds. The van der Waals surface area contributed by atoms with E-state index >= 15 is 0 Å². The Balaban J connectivity index is 1.52. The highest BCUT2D eigenvalue weighted by molar-refractivity contribution is 5.95. The van der Waals surface area contributed by atoms with Crippen LogP contribution in [0.5, 0.6) is 5.75 Å². The Morgan fingerprint density at radius 2 is 2.03 bits per heavy atom. The number of ether oxygens (including phenoxy) is 2. The van der Waals surface area contributed by atoms with Gasteiger partial charge in [-0.15, -0.1) is 0 Å². The predicted octanol–water partition coefficient (Wildman–Crippen LogP) is 4.61. The number of anilines is 3. The molecule has 0 spiro atoms. The second kappa shape index (κ2) is 8.86. The molecule has 6 nitrogen and oxygen atoms in total. The maximum absolute atomic E-state index is 12.0. The van der Waals surface area contributed by atoms with Crippen molar-refractivity contribution in [3.8, 4) is 5.75 Å². The van der Waals surface area contributed by atoms with Gasteiger partial charge in [-0.05, 0) is 36.2 Å². The van der Waals surface area contributed by atoms with Gasteiger partial charge in [0, 0.05) is 43.1 Å². The largest absolute Gasteiger partial charge is 0.493 e. The van der Waals surface area contributed by atoms with Crippen LogP contribution in [0.2, 0.25) is 0 Å². The molecule has 3 aromatic rings. The topological polar surface area (TPSA) is 63.7 Å². The molecule has 1 N–H and O–H groups in total. The van der Waals surface area contributed by atoms with Crippen molar-refractivity contribution in [3.05, 3.63) is 78.1 Å². The molecular formula is C24H25N3O3. The van der Waals surface area contributed by atoms with E-state index in [-0.39, 0.29) is 11.9 Å². The Morgan fingerprint density at radius 1 is 1.20 bits per heavy atom. The van der Waals surface area contributed by atoms with Gasteiger partial charge >= 0.3 is 5.97 Å². The second-order valence-electron chi connectivity index (χ2n) is 7.24. The van der Waals surface area contributed by atoms with Crippen LogP contribution in [0.4, 0.5) is 17.1 Å². The van der Waals surface area contributed by atoms with Gasteiger partial charge < -0.3 is 19.7 Å². The Labute approximate surface area is 176 Å². The maximum atomic E-state index is 12.0. The van der Waals surface area contributed by atoms with Gasteiger partial charge in [0.05, 0.1) is 31.2 Å². The third-order valence-electron chi connectivity index (χ3n) is 5.46. The average Bonchev–Trinajstić information content (AvgIpc) is 2.82. The van der Waals surface area contributed by atoms with Crippen molar-refractivity contribution in [1.29, 1.82) is 0 Å². The van der Waals surface area contributed by atoms with Crippen LogP contribution in [-0.2, 0) is 4.74 Å². The molecule has 1 aliphatic rings. The van der Waals surface area contributed by atoms with Crippen LogP contribution in [0.1, 0.15) is 28.3 Å². The summed E-state index contributed by atoms with van der Waals surface area (Å²) in [5, 5.41) is 3.37. The molecule has 30 heavy (non-hydrogen) atoms. The number of carbonyl (C=O) groups is 1. The lowest BCUT2D eigenvalue weighted by molar-refractivity contribution is 0.0601. The van der Waals surface area contributed by atoms with Crippen LogP contribution < -0.4 is 15.0 Å². The quantitative estimate of drug-likeness (QED) is 0.606. The summed E-state index contributed by atoms with van der Waals surface area (Å²) in [5.74, 6) is 0.809. The number of pyridine rings is 1. The molecule has 0 unspecified atom stereocenters. The monoisotopic (exact) mass is 403 g/mol. The fourth-order valence-electron chi connectivity index (χ4n) is 3.73. The van der Waals surface area contributed by atoms with Crippen molar-refractivity contribution >= 4 is 23.0 Å². The highest BCUT2D eigenvalue weighted by atomic mass is 16.5. The van der Waals surface area contributed by atoms with E-state index in [4.69, 9.17) is 9.47 Å². The van der Waals surface area contributed by atoms with Crippen molar-refractivity contribution < 1.29 is 14.3 Å². The highest BCUT2D eigenvalue weighted by Gasteiger charge is 2.23. The molecule has 6 heteroatoms. The van der Waals surface area contributed by atoms with Gasteiger partial charge in [0.2, 0.25) is 0 Å². The van der Waals surface area contributed by atoms with Gasteiger partial charge in [0.1, 0.15) is 5.75 Å². The zero-order chi connectivity index (χ0) is 20.9. The first-order valence-electron chi connectivity index (χ1n) is 9.99.